The van der Waals surface area contributed by atoms with Crippen LogP contribution in [0, 0.1) is 38.0 Å². The SMILES string of the molecule is CCC(C)C1CCCC[C@@H]1C(=O)OCc1ccc([N+](=O)[O-])cc1.CCC(C)N1CCCC[C@@H]1C(=O)O.O=[N+]([O-])c1ccc(CBr)cc1. The summed E-state index contributed by atoms with van der Waals surface area (Å²) in [7, 11) is 0. The lowest BCUT2D eigenvalue weighted by molar-refractivity contribution is -0.385. The van der Waals surface area contributed by atoms with Gasteiger partial charge in [-0.15, -0.1) is 0 Å². The molecule has 0 amide bonds. The van der Waals surface area contributed by atoms with E-state index in [1.807, 2.05) is 0 Å². The van der Waals surface area contributed by atoms with Gasteiger partial charge in [-0.25, -0.2) is 0 Å². The first-order valence-corrected chi connectivity index (χ1v) is 17.7. The summed E-state index contributed by atoms with van der Waals surface area (Å²) in [6.45, 7) is 9.73. The summed E-state index contributed by atoms with van der Waals surface area (Å²) >= 11 is 3.25. The molecule has 4 rings (SSSR count). The zero-order valence-corrected chi connectivity index (χ0v) is 29.6. The van der Waals surface area contributed by atoms with Crippen molar-refractivity contribution in [3.63, 3.8) is 0 Å². The number of benzene rings is 2. The zero-order chi connectivity index (χ0) is 34.9. The van der Waals surface area contributed by atoms with Gasteiger partial charge >= 0.3 is 11.9 Å². The number of ether oxygens (including phenoxy) is 1. The highest BCUT2D eigenvalue weighted by Gasteiger charge is 2.35. The van der Waals surface area contributed by atoms with Gasteiger partial charge in [-0.1, -0.05) is 74.5 Å². The van der Waals surface area contributed by atoms with Crippen LogP contribution in [0.4, 0.5) is 11.4 Å². The Hall–Kier alpha value is -3.38. The van der Waals surface area contributed by atoms with E-state index in [0.29, 0.717) is 17.9 Å². The number of hydrogen-bond donors (Lipinski definition) is 1. The number of carboxylic acid groups (broad SMARTS) is 1. The molecule has 2 aromatic carbocycles. The van der Waals surface area contributed by atoms with E-state index >= 15 is 0 Å². The van der Waals surface area contributed by atoms with Gasteiger partial charge in [-0.05, 0) is 80.7 Å². The van der Waals surface area contributed by atoms with E-state index in [4.69, 9.17) is 9.84 Å². The van der Waals surface area contributed by atoms with E-state index in [1.54, 1.807) is 24.3 Å². The number of alkyl halides is 1. The number of nitrogens with zero attached hydrogens (tertiary/aromatic N) is 3. The summed E-state index contributed by atoms with van der Waals surface area (Å²) in [6, 6.07) is 12.8. The molecule has 2 aliphatic rings. The van der Waals surface area contributed by atoms with Gasteiger partial charge in [0.1, 0.15) is 12.6 Å². The van der Waals surface area contributed by atoms with Gasteiger partial charge in [-0.2, -0.15) is 0 Å². The van der Waals surface area contributed by atoms with Crippen molar-refractivity contribution in [2.45, 2.75) is 110 Å². The quantitative estimate of drug-likeness (QED) is 0.104. The molecule has 1 aliphatic heterocycles. The molecule has 260 valence electrons. The van der Waals surface area contributed by atoms with Gasteiger partial charge in [0, 0.05) is 35.6 Å². The molecule has 1 saturated carbocycles. The largest absolute Gasteiger partial charge is 0.480 e. The normalized spacial score (nSPS) is 20.7. The fourth-order valence-electron chi connectivity index (χ4n) is 6.10. The maximum Gasteiger partial charge on any atom is 0.320 e. The van der Waals surface area contributed by atoms with Crippen LogP contribution in [0.2, 0.25) is 0 Å². The first-order chi connectivity index (χ1) is 22.4. The molecule has 0 bridgehead atoms. The van der Waals surface area contributed by atoms with Gasteiger partial charge in [0.15, 0.2) is 0 Å². The molecule has 2 aromatic rings. The van der Waals surface area contributed by atoms with Crippen LogP contribution in [0.1, 0.15) is 96.6 Å². The number of hydrogen-bond acceptors (Lipinski definition) is 8. The summed E-state index contributed by atoms with van der Waals surface area (Å²) in [5, 5.41) is 30.6. The van der Waals surface area contributed by atoms with Crippen molar-refractivity contribution in [2.75, 3.05) is 6.54 Å². The molecule has 2 fully saturated rings. The van der Waals surface area contributed by atoms with Gasteiger partial charge in [0.25, 0.3) is 11.4 Å². The minimum Gasteiger partial charge on any atom is -0.480 e. The molecule has 0 spiro atoms. The number of aliphatic carboxylic acids is 1. The molecular weight excluding hydrogens is 670 g/mol. The van der Waals surface area contributed by atoms with Crippen LogP contribution in [-0.4, -0.2) is 50.4 Å². The topological polar surface area (TPSA) is 153 Å². The number of piperidine rings is 1. The smallest absolute Gasteiger partial charge is 0.320 e. The van der Waals surface area contributed by atoms with Gasteiger partial charge in [0.2, 0.25) is 0 Å². The molecule has 47 heavy (non-hydrogen) atoms. The molecule has 1 heterocycles. The van der Waals surface area contributed by atoms with Crippen LogP contribution < -0.4 is 0 Å². The van der Waals surface area contributed by atoms with Crippen LogP contribution in [0.15, 0.2) is 48.5 Å². The van der Waals surface area contributed by atoms with Crippen LogP contribution in [0.5, 0.6) is 0 Å². The average molecular weight is 721 g/mol. The monoisotopic (exact) mass is 719 g/mol. The van der Waals surface area contributed by atoms with Gasteiger partial charge < -0.3 is 9.84 Å². The minimum atomic E-state index is -0.653. The Morgan fingerprint density at radius 3 is 1.89 bits per heavy atom. The van der Waals surface area contributed by atoms with Crippen molar-refractivity contribution in [1.82, 2.24) is 4.90 Å². The number of non-ortho nitro benzene ring substituents is 2. The van der Waals surface area contributed by atoms with E-state index < -0.39 is 15.8 Å². The Morgan fingerprint density at radius 1 is 0.872 bits per heavy atom. The Morgan fingerprint density at radius 2 is 1.40 bits per heavy atom. The Balaban J connectivity index is 0.000000270. The highest BCUT2D eigenvalue weighted by Crippen LogP contribution is 2.37. The Bertz CT molecular complexity index is 1270. The van der Waals surface area contributed by atoms with E-state index in [9.17, 15) is 29.8 Å². The second-order valence-electron chi connectivity index (χ2n) is 12.4. The van der Waals surface area contributed by atoms with Crippen molar-refractivity contribution in [3.8, 4) is 0 Å². The highest BCUT2D eigenvalue weighted by molar-refractivity contribution is 9.08. The molecule has 12 heteroatoms. The fourth-order valence-corrected chi connectivity index (χ4v) is 6.47. The summed E-state index contributed by atoms with van der Waals surface area (Å²) in [5.74, 6) is 0.176. The van der Waals surface area contributed by atoms with Crippen molar-refractivity contribution < 1.29 is 29.3 Å². The number of carboxylic acids is 1. The van der Waals surface area contributed by atoms with Crippen molar-refractivity contribution in [3.05, 3.63) is 79.9 Å². The number of carbonyl (C=O) groups is 2. The molecule has 0 radical (unpaired) electrons. The van der Waals surface area contributed by atoms with Crippen molar-refractivity contribution >= 4 is 39.2 Å². The first kappa shape index (κ1) is 39.8. The van der Waals surface area contributed by atoms with E-state index in [-0.39, 0.29) is 35.9 Å². The lowest BCUT2D eigenvalue weighted by atomic mass is 9.72. The number of likely N-dealkylation sites (tertiary alicyclic amines) is 1. The van der Waals surface area contributed by atoms with E-state index in [0.717, 1.165) is 74.4 Å². The first-order valence-electron chi connectivity index (χ1n) is 16.6. The lowest BCUT2D eigenvalue weighted by Gasteiger charge is -2.37. The van der Waals surface area contributed by atoms with E-state index in [2.05, 4.69) is 48.5 Å². The van der Waals surface area contributed by atoms with Crippen LogP contribution in [0.25, 0.3) is 0 Å². The summed E-state index contributed by atoms with van der Waals surface area (Å²) in [4.78, 5) is 45.5. The molecule has 11 nitrogen and oxygen atoms in total. The van der Waals surface area contributed by atoms with Crippen molar-refractivity contribution in [1.29, 1.82) is 0 Å². The van der Waals surface area contributed by atoms with Gasteiger partial charge in [0.05, 0.1) is 15.8 Å². The second kappa shape index (κ2) is 20.8. The molecule has 1 saturated heterocycles. The Kier molecular flexibility index (Phi) is 17.6. The molecule has 3 unspecified atom stereocenters. The lowest BCUT2D eigenvalue weighted by Crippen LogP contribution is -2.48. The average Bonchev–Trinajstić information content (AvgIpc) is 3.10. The number of nitro groups is 2. The number of halogens is 1. The number of esters is 1. The third-order valence-corrected chi connectivity index (χ3v) is 9.96. The molecule has 1 aliphatic carbocycles. The number of nitro benzene ring substituents is 2. The number of rotatable bonds is 11. The predicted molar refractivity (Wildman–Crippen MR) is 185 cm³/mol. The summed E-state index contributed by atoms with van der Waals surface area (Å²) < 4.78 is 5.48. The van der Waals surface area contributed by atoms with Gasteiger partial charge in [-0.3, -0.25) is 34.7 Å². The van der Waals surface area contributed by atoms with Crippen LogP contribution in [-0.2, 0) is 26.3 Å². The van der Waals surface area contributed by atoms with Crippen molar-refractivity contribution in [2.24, 2.45) is 17.8 Å². The predicted octanol–water partition coefficient (Wildman–Crippen LogP) is 8.70. The van der Waals surface area contributed by atoms with Crippen LogP contribution >= 0.6 is 15.9 Å². The van der Waals surface area contributed by atoms with Crippen LogP contribution in [0.3, 0.4) is 0 Å². The fraction of sp³-hybridized carbons (Fsp3) is 0.600. The molecule has 5 atom stereocenters. The third kappa shape index (κ3) is 13.0. The summed E-state index contributed by atoms with van der Waals surface area (Å²) in [5.41, 5.74) is 1.99. The number of carbonyl (C=O) groups excluding carboxylic acids is 1. The Labute approximate surface area is 286 Å². The minimum absolute atomic E-state index is 0.00301. The van der Waals surface area contributed by atoms with E-state index in [1.165, 1.54) is 30.7 Å². The second-order valence-corrected chi connectivity index (χ2v) is 12.9. The standard InChI is InChI=1S/C18H25NO4.C10H19NO2.C7H6BrNO2/c1-3-13(2)16-6-4-5-7-17(16)18(20)23-12-14-8-10-15(11-9-14)19(21)22;1-3-8(2)11-7-5-4-6-9(11)10(12)13;8-5-6-1-3-7(4-2-6)9(10)11/h8-11,13,16-17H,3-7,12H2,1-2H3;8-9H,3-7H2,1-2H3,(H,12,13);1-4H,5H2/t13?,16?,17-;8?,9-;/m01./s1. The highest BCUT2D eigenvalue weighted by atomic mass is 79.9. The molecular formula is C35H50BrN3O8. The third-order valence-electron chi connectivity index (χ3n) is 9.31. The zero-order valence-electron chi connectivity index (χ0n) is 28.0. The maximum atomic E-state index is 12.4. The maximum absolute atomic E-state index is 12.4. The summed E-state index contributed by atoms with van der Waals surface area (Å²) in [6.07, 6.45) is 9.43. The molecule has 0 aromatic heterocycles. The molecule has 1 N–H and O–H groups in total.